The van der Waals surface area contributed by atoms with Crippen LogP contribution in [0.5, 0.6) is 0 Å². The summed E-state index contributed by atoms with van der Waals surface area (Å²) in [7, 11) is 1.33. The predicted molar refractivity (Wildman–Crippen MR) is 233 cm³/mol. The Morgan fingerprint density at radius 1 is 0.667 bits per heavy atom. The van der Waals surface area contributed by atoms with Gasteiger partial charge in [-0.15, -0.1) is 0 Å². The van der Waals surface area contributed by atoms with Crippen LogP contribution < -0.4 is 0 Å². The number of rotatable bonds is 10. The molecule has 3 saturated heterocycles. The number of fused-ring (bicyclic) bond motifs is 7. The van der Waals surface area contributed by atoms with E-state index in [0.29, 0.717) is 38.5 Å². The van der Waals surface area contributed by atoms with Crippen molar-refractivity contribution in [2.24, 2.45) is 50.2 Å². The monoisotopic (exact) mass is 988 g/mol. The van der Waals surface area contributed by atoms with E-state index in [-0.39, 0.29) is 31.1 Å². The van der Waals surface area contributed by atoms with Crippen LogP contribution in [0.3, 0.4) is 0 Å². The van der Waals surface area contributed by atoms with Gasteiger partial charge in [-0.1, -0.05) is 39.3 Å². The highest BCUT2D eigenvalue weighted by Gasteiger charge is 2.72. The lowest BCUT2D eigenvalue weighted by Gasteiger charge is -2.71. The first-order valence-electron chi connectivity index (χ1n) is 24.5. The fraction of sp³-hybridized carbons (Fsp3) is 0.917. The molecule has 0 amide bonds. The van der Waals surface area contributed by atoms with E-state index >= 15 is 0 Å². The van der Waals surface area contributed by atoms with Crippen molar-refractivity contribution in [3.05, 3.63) is 11.6 Å². The van der Waals surface area contributed by atoms with Crippen LogP contribution in [-0.2, 0) is 42.7 Å². The van der Waals surface area contributed by atoms with Gasteiger partial charge in [0.15, 0.2) is 12.6 Å². The number of carbonyl (C=O) groups is 2. The average Bonchev–Trinajstić information content (AvgIpc) is 3.32. The van der Waals surface area contributed by atoms with E-state index in [1.165, 1.54) is 7.11 Å². The second-order valence-electron chi connectivity index (χ2n) is 22.9. The molecule has 4 saturated carbocycles. The Balaban J connectivity index is 1.08. The zero-order chi connectivity index (χ0) is 50.6. The molecule has 25 unspecified atom stereocenters. The highest BCUT2D eigenvalue weighted by Crippen LogP contribution is 2.76. The molecule has 5 aliphatic carbocycles. The number of allylic oxidation sites excluding steroid dienone is 2. The zero-order valence-electron chi connectivity index (χ0n) is 40.3. The highest BCUT2D eigenvalue weighted by molar-refractivity contribution is 5.81. The number of hydrogen-bond donors (Lipinski definition) is 12. The molecule has 69 heavy (non-hydrogen) atoms. The first-order chi connectivity index (χ1) is 32.4. The van der Waals surface area contributed by atoms with E-state index in [9.17, 15) is 70.9 Å². The van der Waals surface area contributed by atoms with Crippen molar-refractivity contribution < 1.29 is 104 Å². The molecule has 21 nitrogen and oxygen atoms in total. The van der Waals surface area contributed by atoms with Crippen LogP contribution in [0, 0.1) is 50.2 Å². The largest absolute Gasteiger partial charge is 0.469 e. The third-order valence-electron chi connectivity index (χ3n) is 19.5. The Hall–Kier alpha value is -2.00. The molecular formula is C48H76O21. The van der Waals surface area contributed by atoms with E-state index in [1.54, 1.807) is 0 Å². The fourth-order valence-electron chi connectivity index (χ4n) is 15.2. The van der Waals surface area contributed by atoms with Crippen LogP contribution in [0.1, 0.15) is 92.4 Å². The predicted octanol–water partition coefficient (Wildman–Crippen LogP) is -2.12. The van der Waals surface area contributed by atoms with E-state index in [1.807, 2.05) is 13.8 Å². The van der Waals surface area contributed by atoms with Gasteiger partial charge in [0, 0.05) is 5.41 Å². The maximum atomic E-state index is 14.8. The lowest BCUT2D eigenvalue weighted by atomic mass is 9.33. The lowest BCUT2D eigenvalue weighted by molar-refractivity contribution is -0.369. The van der Waals surface area contributed by atoms with Crippen molar-refractivity contribution in [1.82, 2.24) is 0 Å². The molecule has 0 spiro atoms. The maximum Gasteiger partial charge on any atom is 0.315 e. The SMILES string of the molecule is COC(=O)C1(C)CCC2(C(=O)OC3OC(CO)C(O)C(O)C3O)CCC3(C)C(=CCC4C5(C)CC(O)C(OC6OC(CO)C(O)C(OC7OCC(O)C(O)C7O)C6O)C(C)(CO)C5CCC43C)C2C1. The summed E-state index contributed by atoms with van der Waals surface area (Å²) in [5, 5.41) is 129. The molecule has 0 bridgehead atoms. The van der Waals surface area contributed by atoms with Crippen LogP contribution >= 0.6 is 0 Å². The molecule has 0 radical (unpaired) electrons. The van der Waals surface area contributed by atoms with Gasteiger partial charge in [-0.05, 0) is 98.7 Å². The van der Waals surface area contributed by atoms with Gasteiger partial charge in [0.1, 0.15) is 67.1 Å². The summed E-state index contributed by atoms with van der Waals surface area (Å²) in [6.07, 6.45) is -19.3. The third kappa shape index (κ3) is 8.16. The summed E-state index contributed by atoms with van der Waals surface area (Å²) in [6, 6.07) is 0. The van der Waals surface area contributed by atoms with Gasteiger partial charge in [0.2, 0.25) is 6.29 Å². The van der Waals surface area contributed by atoms with Gasteiger partial charge in [-0.3, -0.25) is 9.59 Å². The van der Waals surface area contributed by atoms with Gasteiger partial charge < -0.3 is 94.4 Å². The molecule has 21 heteroatoms. The zero-order valence-corrected chi connectivity index (χ0v) is 40.3. The van der Waals surface area contributed by atoms with Crippen molar-refractivity contribution in [3.8, 4) is 0 Å². The van der Waals surface area contributed by atoms with Gasteiger partial charge in [0.25, 0.3) is 0 Å². The molecule has 3 heterocycles. The second kappa shape index (κ2) is 19.0. The number of hydrogen-bond acceptors (Lipinski definition) is 21. The summed E-state index contributed by atoms with van der Waals surface area (Å²) in [4.78, 5) is 28.3. The van der Waals surface area contributed by atoms with Crippen LogP contribution in [0.2, 0.25) is 0 Å². The van der Waals surface area contributed by atoms with Crippen LogP contribution in [0.25, 0.3) is 0 Å². The summed E-state index contributed by atoms with van der Waals surface area (Å²) < 4.78 is 40.4. The Morgan fingerprint density at radius 2 is 1.30 bits per heavy atom. The van der Waals surface area contributed by atoms with Crippen molar-refractivity contribution in [2.75, 3.05) is 33.5 Å². The molecule has 0 aromatic heterocycles. The molecule has 8 rings (SSSR count). The molecule has 7 fully saturated rings. The number of esters is 2. The Bertz CT molecular complexity index is 1920. The Labute approximate surface area is 401 Å². The Morgan fingerprint density at radius 3 is 1.96 bits per heavy atom. The van der Waals surface area contributed by atoms with Crippen molar-refractivity contribution in [1.29, 1.82) is 0 Å². The average molecular weight is 989 g/mol. The lowest BCUT2D eigenvalue weighted by Crippen LogP contribution is -2.70. The highest BCUT2D eigenvalue weighted by atomic mass is 16.7. The standard InChI is InChI=1S/C48H76O21/c1-43(41(61)63-6)11-13-48(42(62)69-39-34(59)32(57)30(55)25(17-49)65-39)14-12-46(4)21(22(48)15-43)7-8-28-44(2)16-23(52)37(45(3,20-51)27(44)9-10-47(28,46)5)68-40-35(60)36(31(56)26(18-50)66-40)67-38-33(58)29(54)24(53)19-64-38/h7,22-40,49-60H,8-20H2,1-6H3. The van der Waals surface area contributed by atoms with Gasteiger partial charge in [-0.2, -0.15) is 0 Å². The number of aliphatic hydroxyl groups excluding tert-OH is 12. The molecule has 3 aliphatic heterocycles. The van der Waals surface area contributed by atoms with Crippen molar-refractivity contribution in [3.63, 3.8) is 0 Å². The fourth-order valence-corrected chi connectivity index (χ4v) is 15.2. The smallest absolute Gasteiger partial charge is 0.315 e. The third-order valence-corrected chi connectivity index (χ3v) is 19.5. The number of ether oxygens (including phenoxy) is 7. The van der Waals surface area contributed by atoms with Crippen LogP contribution in [0.4, 0.5) is 0 Å². The first kappa shape index (κ1) is 53.3. The van der Waals surface area contributed by atoms with Crippen molar-refractivity contribution >= 4 is 11.9 Å². The molecule has 394 valence electrons. The number of aliphatic hydroxyl groups is 12. The van der Waals surface area contributed by atoms with Crippen molar-refractivity contribution in [2.45, 2.75) is 191 Å². The maximum absolute atomic E-state index is 14.8. The first-order valence-corrected chi connectivity index (χ1v) is 24.5. The van der Waals surface area contributed by atoms with E-state index in [2.05, 4.69) is 26.8 Å². The summed E-state index contributed by atoms with van der Waals surface area (Å²) in [6.45, 7) is 7.93. The summed E-state index contributed by atoms with van der Waals surface area (Å²) in [5.74, 6) is -2.00. The molecule has 25 atom stereocenters. The molecule has 12 N–H and O–H groups in total. The van der Waals surface area contributed by atoms with Gasteiger partial charge >= 0.3 is 11.9 Å². The second-order valence-corrected chi connectivity index (χ2v) is 22.9. The van der Waals surface area contributed by atoms with E-state index in [0.717, 1.165) is 5.57 Å². The summed E-state index contributed by atoms with van der Waals surface area (Å²) >= 11 is 0. The molecular weight excluding hydrogens is 913 g/mol. The van der Waals surface area contributed by atoms with Gasteiger partial charge in [-0.25, -0.2) is 0 Å². The molecule has 0 aromatic carbocycles. The molecule has 0 aromatic rings. The molecule has 8 aliphatic rings. The van der Waals surface area contributed by atoms with Gasteiger partial charge in [0.05, 0.1) is 56.6 Å². The number of methoxy groups -OCH3 is 1. The number of carbonyl (C=O) groups excluding carboxylic acids is 2. The Kier molecular flexibility index (Phi) is 14.7. The van der Waals surface area contributed by atoms with E-state index in [4.69, 9.17) is 33.2 Å². The quantitative estimate of drug-likeness (QED) is 0.0632. The minimum Gasteiger partial charge on any atom is -0.469 e. The minimum absolute atomic E-state index is 0.0952. The van der Waals surface area contributed by atoms with Crippen LogP contribution in [0.15, 0.2) is 11.6 Å². The topological polar surface area (TPSA) is 342 Å². The van der Waals surface area contributed by atoms with E-state index < -0.39 is 175 Å². The minimum atomic E-state index is -1.80. The van der Waals surface area contributed by atoms with Crippen LogP contribution in [-0.4, -0.2) is 205 Å². The summed E-state index contributed by atoms with van der Waals surface area (Å²) in [5.41, 5.74) is -3.99. The normalized spacial score (nSPS) is 54.2.